The Hall–Kier alpha value is -1.18. The summed E-state index contributed by atoms with van der Waals surface area (Å²) in [5, 5.41) is 0. The first kappa shape index (κ1) is 16.8. The van der Waals surface area contributed by atoms with Crippen molar-refractivity contribution < 1.29 is 9.47 Å². The Morgan fingerprint density at radius 1 is 1.22 bits per heavy atom. The van der Waals surface area contributed by atoms with Crippen LogP contribution in [0.5, 0.6) is 11.5 Å². The van der Waals surface area contributed by atoms with Gasteiger partial charge in [0.2, 0.25) is 0 Å². The Labute approximate surface area is 125 Å². The molecule has 0 radical (unpaired) electrons. The fourth-order valence-electron chi connectivity index (χ4n) is 1.55. The topological polar surface area (TPSA) is 82.9 Å². The van der Waals surface area contributed by atoms with Crippen LogP contribution in [-0.2, 0) is 6.42 Å². The number of ether oxygens (including phenoxy) is 2. The lowest BCUT2D eigenvalue weighted by molar-refractivity contribution is 0.398. The van der Waals surface area contributed by atoms with E-state index in [4.69, 9.17) is 20.9 Å². The van der Waals surface area contributed by atoms with Crippen LogP contribution in [0.2, 0.25) is 0 Å². The molecule has 0 amide bonds. The van der Waals surface area contributed by atoms with Crippen LogP contribution in [0.4, 0.5) is 0 Å². The average molecular weight is 365 g/mol. The van der Waals surface area contributed by atoms with Gasteiger partial charge in [0, 0.05) is 6.54 Å². The summed E-state index contributed by atoms with van der Waals surface area (Å²) in [7, 11) is 3.30. The van der Waals surface area contributed by atoms with E-state index in [1.807, 2.05) is 18.2 Å². The van der Waals surface area contributed by atoms with E-state index < -0.39 is 0 Å². The number of guanidine groups is 1. The quantitative estimate of drug-likeness (QED) is 0.347. The van der Waals surface area contributed by atoms with Crippen molar-refractivity contribution in [3.8, 4) is 11.5 Å². The molecule has 0 aromatic heterocycles. The molecule has 1 aromatic rings. The Morgan fingerprint density at radius 2 is 1.94 bits per heavy atom. The maximum atomic E-state index is 5.28. The second-order valence-electron chi connectivity index (χ2n) is 3.59. The number of halogens is 1. The highest BCUT2D eigenvalue weighted by Gasteiger charge is 2.04. The Balaban J connectivity index is 0.00000289. The van der Waals surface area contributed by atoms with Crippen LogP contribution in [0.15, 0.2) is 23.2 Å². The van der Waals surface area contributed by atoms with Gasteiger partial charge in [-0.2, -0.15) is 0 Å². The van der Waals surface area contributed by atoms with E-state index in [0.717, 1.165) is 29.9 Å². The molecule has 0 heterocycles. The molecule has 6 heteroatoms. The lowest BCUT2D eigenvalue weighted by Crippen LogP contribution is -2.23. The predicted octanol–water partition coefficient (Wildman–Crippen LogP) is 1.53. The van der Waals surface area contributed by atoms with Crippen molar-refractivity contribution in [2.24, 2.45) is 16.5 Å². The standard InChI is InChI=1S/C12H19N3O2.HI/c1-16-10-5-6-11(17-2)9(8-10)4-3-7-15-12(13)14;/h5-6,8H,3-4,7H2,1-2H3,(H4,13,14,15);1H. The summed E-state index contributed by atoms with van der Waals surface area (Å²) in [5.74, 6) is 1.81. The van der Waals surface area contributed by atoms with Gasteiger partial charge in [0.25, 0.3) is 0 Å². The zero-order valence-electron chi connectivity index (χ0n) is 10.7. The molecule has 0 atom stereocenters. The molecule has 0 unspecified atom stereocenters. The number of aryl methyl sites for hydroxylation is 1. The smallest absolute Gasteiger partial charge is 0.185 e. The minimum atomic E-state index is 0. The lowest BCUT2D eigenvalue weighted by atomic mass is 10.1. The molecular weight excluding hydrogens is 345 g/mol. The third kappa shape index (κ3) is 5.44. The zero-order valence-corrected chi connectivity index (χ0v) is 13.0. The molecule has 5 nitrogen and oxygen atoms in total. The largest absolute Gasteiger partial charge is 0.497 e. The number of rotatable bonds is 6. The Bertz CT molecular complexity index is 393. The van der Waals surface area contributed by atoms with Crippen molar-refractivity contribution in [2.45, 2.75) is 12.8 Å². The Kier molecular flexibility index (Phi) is 8.27. The summed E-state index contributed by atoms with van der Waals surface area (Å²) >= 11 is 0. The maximum absolute atomic E-state index is 5.28. The molecule has 1 rings (SSSR count). The molecule has 0 aliphatic rings. The fourth-order valence-corrected chi connectivity index (χ4v) is 1.55. The summed E-state index contributed by atoms with van der Waals surface area (Å²) in [6.07, 6.45) is 1.71. The molecule has 1 aromatic carbocycles. The number of hydrogen-bond acceptors (Lipinski definition) is 3. The van der Waals surface area contributed by atoms with Crippen LogP contribution in [-0.4, -0.2) is 26.7 Å². The number of methoxy groups -OCH3 is 2. The van der Waals surface area contributed by atoms with E-state index in [9.17, 15) is 0 Å². The third-order valence-electron chi connectivity index (χ3n) is 2.39. The van der Waals surface area contributed by atoms with Gasteiger partial charge in [0.1, 0.15) is 11.5 Å². The van der Waals surface area contributed by atoms with Crippen molar-refractivity contribution >= 4 is 29.9 Å². The number of hydrogen-bond donors (Lipinski definition) is 2. The van der Waals surface area contributed by atoms with Gasteiger partial charge in [-0.05, 0) is 36.6 Å². The first-order valence-corrected chi connectivity index (χ1v) is 5.43. The van der Waals surface area contributed by atoms with Gasteiger partial charge in [-0.25, -0.2) is 0 Å². The minimum absolute atomic E-state index is 0. The molecule has 102 valence electrons. The van der Waals surface area contributed by atoms with Gasteiger partial charge >= 0.3 is 0 Å². The lowest BCUT2D eigenvalue weighted by Gasteiger charge is -2.09. The van der Waals surface area contributed by atoms with E-state index in [2.05, 4.69) is 4.99 Å². The number of aliphatic imine (C=N–C) groups is 1. The highest BCUT2D eigenvalue weighted by Crippen LogP contribution is 2.24. The highest BCUT2D eigenvalue weighted by molar-refractivity contribution is 14.0. The normalized spacial score (nSPS) is 9.22. The van der Waals surface area contributed by atoms with Gasteiger partial charge in [-0.15, -0.1) is 24.0 Å². The number of nitrogens with zero attached hydrogens (tertiary/aromatic N) is 1. The predicted molar refractivity (Wildman–Crippen MR) is 84.0 cm³/mol. The van der Waals surface area contributed by atoms with Gasteiger partial charge in [0.05, 0.1) is 14.2 Å². The van der Waals surface area contributed by atoms with Gasteiger partial charge in [0.15, 0.2) is 5.96 Å². The molecule has 0 saturated carbocycles. The van der Waals surface area contributed by atoms with Crippen LogP contribution in [0.1, 0.15) is 12.0 Å². The molecule has 0 aliphatic heterocycles. The fraction of sp³-hybridized carbons (Fsp3) is 0.417. The second-order valence-corrected chi connectivity index (χ2v) is 3.59. The first-order valence-electron chi connectivity index (χ1n) is 5.43. The molecule has 0 aliphatic carbocycles. The van der Waals surface area contributed by atoms with Crippen LogP contribution in [0.3, 0.4) is 0 Å². The molecule has 4 N–H and O–H groups in total. The van der Waals surface area contributed by atoms with Crippen LogP contribution in [0, 0.1) is 0 Å². The van der Waals surface area contributed by atoms with Gasteiger partial charge in [-0.1, -0.05) is 0 Å². The van der Waals surface area contributed by atoms with Crippen molar-refractivity contribution in [1.29, 1.82) is 0 Å². The summed E-state index contributed by atoms with van der Waals surface area (Å²) in [6, 6.07) is 5.74. The van der Waals surface area contributed by atoms with E-state index >= 15 is 0 Å². The number of nitrogens with two attached hydrogens (primary N) is 2. The molecule has 0 saturated heterocycles. The molecular formula is C12H20IN3O2. The van der Waals surface area contributed by atoms with Crippen LogP contribution in [0.25, 0.3) is 0 Å². The summed E-state index contributed by atoms with van der Waals surface area (Å²) in [6.45, 7) is 0.614. The van der Waals surface area contributed by atoms with Crippen molar-refractivity contribution in [3.63, 3.8) is 0 Å². The zero-order chi connectivity index (χ0) is 12.7. The minimum Gasteiger partial charge on any atom is -0.497 e. The second kappa shape index (κ2) is 8.84. The van der Waals surface area contributed by atoms with E-state index in [0.29, 0.717) is 6.54 Å². The molecule has 0 spiro atoms. The van der Waals surface area contributed by atoms with Crippen LogP contribution >= 0.6 is 24.0 Å². The molecule has 0 bridgehead atoms. The Morgan fingerprint density at radius 3 is 2.50 bits per heavy atom. The van der Waals surface area contributed by atoms with Crippen molar-refractivity contribution in [3.05, 3.63) is 23.8 Å². The van der Waals surface area contributed by atoms with Gasteiger partial charge in [-0.3, -0.25) is 4.99 Å². The van der Waals surface area contributed by atoms with Gasteiger partial charge < -0.3 is 20.9 Å². The third-order valence-corrected chi connectivity index (χ3v) is 2.39. The first-order chi connectivity index (χ1) is 8.17. The SMILES string of the molecule is COc1ccc(OC)c(CCCN=C(N)N)c1.I. The summed E-state index contributed by atoms with van der Waals surface area (Å²) in [4.78, 5) is 3.94. The van der Waals surface area contributed by atoms with Crippen LogP contribution < -0.4 is 20.9 Å². The monoisotopic (exact) mass is 365 g/mol. The van der Waals surface area contributed by atoms with E-state index in [1.54, 1.807) is 14.2 Å². The maximum Gasteiger partial charge on any atom is 0.185 e. The highest BCUT2D eigenvalue weighted by atomic mass is 127. The summed E-state index contributed by atoms with van der Waals surface area (Å²) < 4.78 is 10.5. The molecule has 0 fully saturated rings. The summed E-state index contributed by atoms with van der Waals surface area (Å²) in [5.41, 5.74) is 11.6. The van der Waals surface area contributed by atoms with Crippen molar-refractivity contribution in [1.82, 2.24) is 0 Å². The number of benzene rings is 1. The van der Waals surface area contributed by atoms with E-state index in [-0.39, 0.29) is 29.9 Å². The van der Waals surface area contributed by atoms with E-state index in [1.165, 1.54) is 0 Å². The average Bonchev–Trinajstić information content (AvgIpc) is 2.34. The molecule has 18 heavy (non-hydrogen) atoms. The van der Waals surface area contributed by atoms with Crippen molar-refractivity contribution in [2.75, 3.05) is 20.8 Å².